The Morgan fingerprint density at radius 2 is 1.89 bits per heavy atom. The van der Waals surface area contributed by atoms with Crippen molar-refractivity contribution in [1.29, 1.82) is 0 Å². The summed E-state index contributed by atoms with van der Waals surface area (Å²) in [5.41, 5.74) is 1.72. The molecule has 3 aromatic rings. The summed E-state index contributed by atoms with van der Waals surface area (Å²) < 4.78 is 6.46. The van der Waals surface area contributed by atoms with Crippen LogP contribution in [0.1, 0.15) is 13.0 Å². The van der Waals surface area contributed by atoms with Crippen molar-refractivity contribution in [2.24, 2.45) is 0 Å². The van der Waals surface area contributed by atoms with Crippen LogP contribution in [-0.2, 0) is 4.79 Å². The molecule has 9 heteroatoms. The van der Waals surface area contributed by atoms with Crippen molar-refractivity contribution in [2.45, 2.75) is 13.0 Å². The summed E-state index contributed by atoms with van der Waals surface area (Å²) in [4.78, 5) is 34.5. The third-order valence-electron chi connectivity index (χ3n) is 4.12. The van der Waals surface area contributed by atoms with E-state index in [0.717, 1.165) is 0 Å². The Morgan fingerprint density at radius 3 is 2.59 bits per heavy atom. The monoisotopic (exact) mass is 370 g/mol. The number of carbonyl (C=O) groups excluding carboxylic acids is 1. The molecule has 1 amide bonds. The number of hydrogen-bond acceptors (Lipinski definition) is 6. The fourth-order valence-electron chi connectivity index (χ4n) is 2.71. The van der Waals surface area contributed by atoms with E-state index in [-0.39, 0.29) is 11.6 Å². The molecule has 9 nitrogen and oxygen atoms in total. The van der Waals surface area contributed by atoms with E-state index in [1.54, 1.807) is 43.3 Å². The number of aromatic nitrogens is 1. The smallest absolute Gasteiger partial charge is 0.408 e. The number of nitrogens with one attached hydrogen (secondary N) is 2. The van der Waals surface area contributed by atoms with Crippen molar-refractivity contribution in [3.05, 3.63) is 69.2 Å². The zero-order valence-electron chi connectivity index (χ0n) is 14.5. The zero-order chi connectivity index (χ0) is 19.4. The number of nitrogens with zero attached hydrogens (tertiary/aromatic N) is 2. The van der Waals surface area contributed by atoms with Crippen LogP contribution in [-0.4, -0.2) is 28.5 Å². The number of nitro benzene ring substituents is 1. The van der Waals surface area contributed by atoms with Crippen molar-refractivity contribution in [3.8, 4) is 0 Å². The minimum atomic E-state index is -0.722. The van der Waals surface area contributed by atoms with Crippen LogP contribution in [0.3, 0.4) is 0 Å². The molecule has 0 spiro atoms. The third-order valence-corrected chi connectivity index (χ3v) is 4.12. The zero-order valence-corrected chi connectivity index (χ0v) is 14.5. The Kier molecular flexibility index (Phi) is 5.20. The molecule has 0 saturated carbocycles. The first kappa shape index (κ1) is 18.2. The van der Waals surface area contributed by atoms with Gasteiger partial charge in [-0.2, -0.15) is 0 Å². The van der Waals surface area contributed by atoms with E-state index in [2.05, 4.69) is 10.6 Å². The molecular weight excluding hydrogens is 352 g/mol. The average molecular weight is 370 g/mol. The maximum Gasteiger partial charge on any atom is 0.420 e. The number of carbonyl (C=O) groups is 1. The van der Waals surface area contributed by atoms with Crippen LogP contribution in [0.5, 0.6) is 0 Å². The molecule has 1 aromatic heterocycles. The van der Waals surface area contributed by atoms with Crippen molar-refractivity contribution in [1.82, 2.24) is 9.88 Å². The van der Waals surface area contributed by atoms with Gasteiger partial charge in [0.05, 0.1) is 10.4 Å². The van der Waals surface area contributed by atoms with Crippen LogP contribution in [0.2, 0.25) is 0 Å². The van der Waals surface area contributed by atoms with Gasteiger partial charge < -0.3 is 15.1 Å². The van der Waals surface area contributed by atoms with Gasteiger partial charge in [0.15, 0.2) is 5.58 Å². The molecule has 0 fully saturated rings. The maximum absolute atomic E-state index is 12.4. The summed E-state index contributed by atoms with van der Waals surface area (Å²) in [6.07, 6.45) is 0. The van der Waals surface area contributed by atoms with Gasteiger partial charge in [0, 0.05) is 30.9 Å². The van der Waals surface area contributed by atoms with Gasteiger partial charge in [0.1, 0.15) is 6.04 Å². The van der Waals surface area contributed by atoms with E-state index in [1.165, 1.54) is 16.7 Å². The molecule has 0 bridgehead atoms. The molecule has 0 aliphatic rings. The Labute approximate surface area is 153 Å². The normalized spacial score (nSPS) is 11.9. The van der Waals surface area contributed by atoms with Crippen LogP contribution in [0.25, 0.3) is 11.1 Å². The highest BCUT2D eigenvalue weighted by Gasteiger charge is 2.20. The van der Waals surface area contributed by atoms with Gasteiger partial charge in [0.25, 0.3) is 5.69 Å². The highest BCUT2D eigenvalue weighted by Crippen LogP contribution is 2.17. The first-order valence-electron chi connectivity index (χ1n) is 8.33. The van der Waals surface area contributed by atoms with E-state index in [9.17, 15) is 19.7 Å². The van der Waals surface area contributed by atoms with Gasteiger partial charge in [-0.25, -0.2) is 4.79 Å². The van der Waals surface area contributed by atoms with E-state index in [0.29, 0.717) is 29.9 Å². The van der Waals surface area contributed by atoms with E-state index in [1.807, 2.05) is 0 Å². The molecule has 2 N–H and O–H groups in total. The van der Waals surface area contributed by atoms with E-state index < -0.39 is 16.7 Å². The lowest BCUT2D eigenvalue weighted by atomic mass is 10.2. The summed E-state index contributed by atoms with van der Waals surface area (Å²) >= 11 is 0. The Balaban J connectivity index is 1.55. The van der Waals surface area contributed by atoms with Crippen molar-refractivity contribution in [2.75, 3.05) is 18.4 Å². The maximum atomic E-state index is 12.4. The van der Waals surface area contributed by atoms with Crippen LogP contribution in [0.15, 0.2) is 57.7 Å². The molecule has 140 valence electrons. The highest BCUT2D eigenvalue weighted by molar-refractivity contribution is 5.82. The van der Waals surface area contributed by atoms with Crippen molar-refractivity contribution >= 4 is 28.4 Å². The van der Waals surface area contributed by atoms with E-state index >= 15 is 0 Å². The number of nitro groups is 1. The molecule has 0 aliphatic heterocycles. The molecule has 2 aromatic carbocycles. The largest absolute Gasteiger partial charge is 0.420 e. The predicted octanol–water partition coefficient (Wildman–Crippen LogP) is 2.29. The number of hydrogen-bond donors (Lipinski definition) is 2. The first-order valence-corrected chi connectivity index (χ1v) is 8.33. The second kappa shape index (κ2) is 7.73. The Bertz CT molecular complexity index is 1020. The van der Waals surface area contributed by atoms with Crippen LogP contribution < -0.4 is 16.4 Å². The van der Waals surface area contributed by atoms with Gasteiger partial charge in [0.2, 0.25) is 5.91 Å². The molecule has 27 heavy (non-hydrogen) atoms. The molecule has 1 unspecified atom stereocenters. The SMILES string of the molecule is CC(C(=O)NCCNc1ccc([N+](=O)[O-])cc1)n1c(=O)oc2ccccc21. The molecule has 1 atom stereocenters. The quantitative estimate of drug-likeness (QED) is 0.374. The van der Waals surface area contributed by atoms with Crippen molar-refractivity contribution < 1.29 is 14.1 Å². The number of non-ortho nitro benzene ring substituents is 1. The second-order valence-electron chi connectivity index (χ2n) is 5.90. The third kappa shape index (κ3) is 3.97. The lowest BCUT2D eigenvalue weighted by Crippen LogP contribution is -2.36. The number of oxazole rings is 1. The number of rotatable bonds is 7. The summed E-state index contributed by atoms with van der Waals surface area (Å²) in [7, 11) is 0. The van der Waals surface area contributed by atoms with Gasteiger partial charge in [-0.3, -0.25) is 19.5 Å². The number of fused-ring (bicyclic) bond motifs is 1. The lowest BCUT2D eigenvalue weighted by molar-refractivity contribution is -0.384. The molecule has 1 heterocycles. The number of benzene rings is 2. The first-order chi connectivity index (χ1) is 13.0. The van der Waals surface area contributed by atoms with E-state index in [4.69, 9.17) is 4.42 Å². The molecule has 0 saturated heterocycles. The van der Waals surface area contributed by atoms with Crippen LogP contribution in [0, 0.1) is 10.1 Å². The van der Waals surface area contributed by atoms with Gasteiger partial charge in [-0.1, -0.05) is 12.1 Å². The lowest BCUT2D eigenvalue weighted by Gasteiger charge is -2.13. The Hall–Kier alpha value is -3.62. The van der Waals surface area contributed by atoms with Crippen LogP contribution >= 0.6 is 0 Å². The average Bonchev–Trinajstić information content (AvgIpc) is 3.00. The summed E-state index contributed by atoms with van der Waals surface area (Å²) in [5, 5.41) is 16.4. The highest BCUT2D eigenvalue weighted by atomic mass is 16.6. The summed E-state index contributed by atoms with van der Waals surface area (Å²) in [6, 6.07) is 12.2. The molecule has 0 aliphatic carbocycles. The predicted molar refractivity (Wildman–Crippen MR) is 99.8 cm³/mol. The minimum absolute atomic E-state index is 0.0143. The molecule has 3 rings (SSSR count). The standard InChI is InChI=1S/C18H18N4O5/c1-12(21-15-4-2-3-5-16(15)27-18(21)24)17(23)20-11-10-19-13-6-8-14(9-7-13)22(25)26/h2-9,12,19H,10-11H2,1H3,(H,20,23). The molecule has 0 radical (unpaired) electrons. The molecular formula is C18H18N4O5. The van der Waals surface area contributed by atoms with Crippen LogP contribution in [0.4, 0.5) is 11.4 Å². The Morgan fingerprint density at radius 1 is 1.19 bits per heavy atom. The number of amides is 1. The summed E-state index contributed by atoms with van der Waals surface area (Å²) in [5.74, 6) is -0.892. The number of para-hydroxylation sites is 2. The fourth-order valence-corrected chi connectivity index (χ4v) is 2.71. The fraction of sp³-hybridized carbons (Fsp3) is 0.222. The second-order valence-corrected chi connectivity index (χ2v) is 5.90. The minimum Gasteiger partial charge on any atom is -0.408 e. The van der Waals surface area contributed by atoms with Gasteiger partial charge in [-0.05, 0) is 31.2 Å². The van der Waals surface area contributed by atoms with Gasteiger partial charge >= 0.3 is 5.76 Å². The van der Waals surface area contributed by atoms with Crippen molar-refractivity contribution in [3.63, 3.8) is 0 Å². The number of anilines is 1. The topological polar surface area (TPSA) is 119 Å². The van der Waals surface area contributed by atoms with Gasteiger partial charge in [-0.15, -0.1) is 0 Å². The summed E-state index contributed by atoms with van der Waals surface area (Å²) in [6.45, 7) is 2.38.